The van der Waals surface area contributed by atoms with Crippen LogP contribution in [0.5, 0.6) is 5.75 Å². The highest BCUT2D eigenvalue weighted by Gasteiger charge is 2.11. The zero-order valence-corrected chi connectivity index (χ0v) is 9.74. The summed E-state index contributed by atoms with van der Waals surface area (Å²) in [5, 5.41) is 5.46. The third-order valence-electron chi connectivity index (χ3n) is 1.74. The summed E-state index contributed by atoms with van der Waals surface area (Å²) in [5.41, 5.74) is 0.432. The fourth-order valence-electron chi connectivity index (χ4n) is 0.971. The smallest absolute Gasteiger partial charge is 0.319 e. The molecule has 0 bridgehead atoms. The Hall–Kier alpha value is -1.13. The molecule has 4 nitrogen and oxygen atoms in total. The minimum absolute atomic E-state index is 0.250. The number of ether oxygens (including phenoxy) is 1. The van der Waals surface area contributed by atoms with Crippen LogP contribution in [0.2, 0.25) is 10.0 Å². The number of benzene rings is 1. The molecule has 1 rings (SSSR count). The van der Waals surface area contributed by atoms with Gasteiger partial charge in [-0.3, -0.25) is 0 Å². The van der Waals surface area contributed by atoms with Gasteiger partial charge in [-0.1, -0.05) is 23.2 Å². The molecule has 1 aromatic carbocycles. The number of methoxy groups -OCH3 is 1. The van der Waals surface area contributed by atoms with Crippen LogP contribution in [0.15, 0.2) is 12.1 Å². The first-order valence-corrected chi connectivity index (χ1v) is 4.86. The average molecular weight is 249 g/mol. The highest BCUT2D eigenvalue weighted by atomic mass is 35.5. The molecule has 0 saturated heterocycles. The first-order valence-electron chi connectivity index (χ1n) is 4.11. The number of anilines is 1. The largest absolute Gasteiger partial charge is 0.495 e. The second-order valence-corrected chi connectivity index (χ2v) is 3.40. The van der Waals surface area contributed by atoms with E-state index in [9.17, 15) is 4.79 Å². The van der Waals surface area contributed by atoms with E-state index >= 15 is 0 Å². The molecule has 1 aromatic rings. The standard InChI is InChI=1S/C9H10Cl2N2O2/c1-12-9(14)13-5-3-4-6(15-2)8(11)7(5)10/h3-4H,1-2H3,(H2,12,13,14). The highest BCUT2D eigenvalue weighted by Crippen LogP contribution is 2.37. The summed E-state index contributed by atoms with van der Waals surface area (Å²) in [5.74, 6) is 0.462. The van der Waals surface area contributed by atoms with Crippen molar-refractivity contribution >= 4 is 34.9 Å². The van der Waals surface area contributed by atoms with Gasteiger partial charge in [0.25, 0.3) is 0 Å². The Morgan fingerprint density at radius 2 is 2.00 bits per heavy atom. The maximum atomic E-state index is 11.0. The van der Waals surface area contributed by atoms with Crippen LogP contribution in [-0.4, -0.2) is 20.2 Å². The molecule has 0 saturated carbocycles. The topological polar surface area (TPSA) is 50.4 Å². The van der Waals surface area contributed by atoms with Crippen LogP contribution in [-0.2, 0) is 0 Å². The van der Waals surface area contributed by atoms with Crippen molar-refractivity contribution in [2.24, 2.45) is 0 Å². The first kappa shape index (κ1) is 11.9. The van der Waals surface area contributed by atoms with E-state index in [1.165, 1.54) is 14.2 Å². The van der Waals surface area contributed by atoms with Crippen molar-refractivity contribution in [3.63, 3.8) is 0 Å². The van der Waals surface area contributed by atoms with Gasteiger partial charge >= 0.3 is 6.03 Å². The Morgan fingerprint density at radius 3 is 2.53 bits per heavy atom. The molecule has 0 aromatic heterocycles. The lowest BCUT2D eigenvalue weighted by molar-refractivity contribution is 0.254. The third-order valence-corrected chi connectivity index (χ3v) is 2.61. The molecule has 0 atom stereocenters. The van der Waals surface area contributed by atoms with Crippen molar-refractivity contribution in [3.05, 3.63) is 22.2 Å². The second kappa shape index (κ2) is 5.09. The summed E-state index contributed by atoms with van der Waals surface area (Å²) in [4.78, 5) is 11.0. The molecule has 0 aliphatic carbocycles. The Balaban J connectivity index is 3.01. The predicted molar refractivity (Wildman–Crippen MR) is 61.1 cm³/mol. The lowest BCUT2D eigenvalue weighted by atomic mass is 10.3. The van der Waals surface area contributed by atoms with E-state index in [0.717, 1.165) is 0 Å². The number of halogens is 2. The van der Waals surface area contributed by atoms with Gasteiger partial charge in [0.2, 0.25) is 0 Å². The maximum absolute atomic E-state index is 11.0. The summed E-state index contributed by atoms with van der Waals surface area (Å²) in [7, 11) is 3.00. The lowest BCUT2D eigenvalue weighted by Crippen LogP contribution is -2.24. The van der Waals surface area contributed by atoms with Crippen molar-refractivity contribution in [1.82, 2.24) is 5.32 Å². The summed E-state index contributed by atoms with van der Waals surface area (Å²) in [6, 6.07) is 2.88. The second-order valence-electron chi connectivity index (χ2n) is 2.65. The molecule has 0 aliphatic heterocycles. The zero-order chi connectivity index (χ0) is 11.4. The van der Waals surface area contributed by atoms with Gasteiger partial charge in [0.05, 0.1) is 17.8 Å². The molecular formula is C9H10Cl2N2O2. The Labute approximate surface area is 97.5 Å². The number of amides is 2. The minimum Gasteiger partial charge on any atom is -0.495 e. The molecular weight excluding hydrogens is 239 g/mol. The van der Waals surface area contributed by atoms with Gasteiger partial charge in [-0.15, -0.1) is 0 Å². The molecule has 2 amide bonds. The monoisotopic (exact) mass is 248 g/mol. The van der Waals surface area contributed by atoms with Crippen LogP contribution in [0.25, 0.3) is 0 Å². The van der Waals surface area contributed by atoms with Crippen molar-refractivity contribution in [3.8, 4) is 5.75 Å². The molecule has 15 heavy (non-hydrogen) atoms. The number of carbonyl (C=O) groups is 1. The molecule has 6 heteroatoms. The maximum Gasteiger partial charge on any atom is 0.319 e. The van der Waals surface area contributed by atoms with E-state index in [-0.39, 0.29) is 16.1 Å². The molecule has 0 spiro atoms. The highest BCUT2D eigenvalue weighted by molar-refractivity contribution is 6.44. The average Bonchev–Trinajstić information content (AvgIpc) is 2.25. The van der Waals surface area contributed by atoms with Gasteiger partial charge in [0, 0.05) is 7.05 Å². The van der Waals surface area contributed by atoms with Crippen LogP contribution in [0, 0.1) is 0 Å². The molecule has 2 N–H and O–H groups in total. The summed E-state index contributed by atoms with van der Waals surface area (Å²) in [6.45, 7) is 0. The third kappa shape index (κ3) is 2.67. The zero-order valence-electron chi connectivity index (χ0n) is 8.23. The van der Waals surface area contributed by atoms with Crippen molar-refractivity contribution in [1.29, 1.82) is 0 Å². The first-order chi connectivity index (χ1) is 7.10. The fourth-order valence-corrected chi connectivity index (χ4v) is 1.42. The van der Waals surface area contributed by atoms with E-state index in [1.54, 1.807) is 12.1 Å². The van der Waals surface area contributed by atoms with Gasteiger partial charge in [-0.2, -0.15) is 0 Å². The number of carbonyl (C=O) groups excluding carboxylic acids is 1. The van der Waals surface area contributed by atoms with Crippen LogP contribution in [0.1, 0.15) is 0 Å². The molecule has 0 fully saturated rings. The SMILES string of the molecule is CNC(=O)Nc1ccc(OC)c(Cl)c1Cl. The number of hydrogen-bond acceptors (Lipinski definition) is 2. The van der Waals surface area contributed by atoms with Crippen molar-refractivity contribution < 1.29 is 9.53 Å². The minimum atomic E-state index is -0.363. The fraction of sp³-hybridized carbons (Fsp3) is 0.222. The summed E-state index contributed by atoms with van der Waals surface area (Å²) >= 11 is 11.8. The molecule has 0 heterocycles. The lowest BCUT2D eigenvalue weighted by Gasteiger charge is -2.10. The van der Waals surface area contributed by atoms with Gasteiger partial charge in [0.1, 0.15) is 10.8 Å². The van der Waals surface area contributed by atoms with E-state index in [0.29, 0.717) is 11.4 Å². The number of rotatable bonds is 2. The molecule has 0 unspecified atom stereocenters. The van der Waals surface area contributed by atoms with Gasteiger partial charge < -0.3 is 15.4 Å². The van der Waals surface area contributed by atoms with Gasteiger partial charge in [-0.05, 0) is 12.1 Å². The van der Waals surface area contributed by atoms with Crippen LogP contribution < -0.4 is 15.4 Å². The predicted octanol–water partition coefficient (Wildman–Crippen LogP) is 2.75. The van der Waals surface area contributed by atoms with E-state index in [4.69, 9.17) is 27.9 Å². The molecule has 82 valence electrons. The van der Waals surface area contributed by atoms with Crippen LogP contribution >= 0.6 is 23.2 Å². The Bertz CT molecular complexity index is 383. The van der Waals surface area contributed by atoms with E-state index < -0.39 is 0 Å². The molecule has 0 aliphatic rings. The number of nitrogens with one attached hydrogen (secondary N) is 2. The van der Waals surface area contributed by atoms with Gasteiger partial charge in [-0.25, -0.2) is 4.79 Å². The number of urea groups is 1. The Morgan fingerprint density at radius 1 is 1.33 bits per heavy atom. The normalized spacial score (nSPS) is 9.60. The van der Waals surface area contributed by atoms with Crippen molar-refractivity contribution in [2.75, 3.05) is 19.5 Å². The van der Waals surface area contributed by atoms with Crippen LogP contribution in [0.4, 0.5) is 10.5 Å². The number of hydrogen-bond donors (Lipinski definition) is 2. The van der Waals surface area contributed by atoms with Gasteiger partial charge in [0.15, 0.2) is 0 Å². The van der Waals surface area contributed by atoms with E-state index in [1.807, 2.05) is 0 Å². The summed E-state index contributed by atoms with van der Waals surface area (Å²) in [6.07, 6.45) is 0. The Kier molecular flexibility index (Phi) is 4.05. The van der Waals surface area contributed by atoms with E-state index in [2.05, 4.69) is 10.6 Å². The quantitative estimate of drug-likeness (QED) is 0.846. The van der Waals surface area contributed by atoms with Crippen LogP contribution in [0.3, 0.4) is 0 Å². The summed E-state index contributed by atoms with van der Waals surface area (Å²) < 4.78 is 4.97. The molecule has 0 radical (unpaired) electrons. The van der Waals surface area contributed by atoms with Crippen molar-refractivity contribution in [2.45, 2.75) is 0 Å².